The Labute approximate surface area is 181 Å². The number of nitrogens with one attached hydrogen (secondary N) is 1. The van der Waals surface area contributed by atoms with Crippen LogP contribution in [-0.4, -0.2) is 64.4 Å². The summed E-state index contributed by atoms with van der Waals surface area (Å²) in [5.74, 6) is 0.219. The number of hydrogen-bond donors (Lipinski definition) is 2. The number of hydrogen-bond acceptors (Lipinski definition) is 6. The van der Waals surface area contributed by atoms with Gasteiger partial charge in [-0.15, -0.1) is 0 Å². The molecule has 1 aromatic carbocycles. The van der Waals surface area contributed by atoms with Gasteiger partial charge in [0.05, 0.1) is 18.8 Å². The Morgan fingerprint density at radius 2 is 2.03 bits per heavy atom. The summed E-state index contributed by atoms with van der Waals surface area (Å²) in [6.07, 6.45) is 5.55. The molecule has 3 aliphatic rings. The van der Waals surface area contributed by atoms with Crippen molar-refractivity contribution in [1.82, 2.24) is 15.1 Å². The first-order valence-corrected chi connectivity index (χ1v) is 10.9. The number of aliphatic carboxylic acids is 1. The zero-order valence-corrected chi connectivity index (χ0v) is 17.5. The maximum absolute atomic E-state index is 12.6. The van der Waals surface area contributed by atoms with Crippen molar-refractivity contribution < 1.29 is 24.2 Å². The van der Waals surface area contributed by atoms with Gasteiger partial charge in [-0.05, 0) is 37.8 Å². The highest BCUT2D eigenvalue weighted by atomic mass is 16.5. The maximum atomic E-state index is 12.6. The number of carboxylic acids is 1. The third-order valence-electron chi connectivity index (χ3n) is 6.00. The third kappa shape index (κ3) is 4.98. The molecule has 1 saturated carbocycles. The van der Waals surface area contributed by atoms with Crippen LogP contribution < -0.4 is 10.1 Å². The van der Waals surface area contributed by atoms with E-state index < -0.39 is 5.97 Å². The molecule has 2 aliphatic heterocycles. The average Bonchev–Trinajstić information content (AvgIpc) is 3.38. The normalized spacial score (nSPS) is 17.6. The van der Waals surface area contributed by atoms with E-state index in [1.807, 2.05) is 23.1 Å². The molecule has 9 nitrogen and oxygen atoms in total. The minimum absolute atomic E-state index is 0.0618. The Kier molecular flexibility index (Phi) is 6.39. The lowest BCUT2D eigenvalue weighted by Gasteiger charge is -2.27. The van der Waals surface area contributed by atoms with Gasteiger partial charge in [-0.25, -0.2) is 4.99 Å². The predicted molar refractivity (Wildman–Crippen MR) is 113 cm³/mol. The SMILES string of the molecule is O=C(O)CN(C(=O)CCCCOc1cccc2c1CN1CC(=O)NC1=N2)C1CCCC1. The fraction of sp³-hybridized carbons (Fsp3) is 0.545. The molecule has 9 heteroatoms. The average molecular weight is 428 g/mol. The maximum Gasteiger partial charge on any atom is 0.323 e. The largest absolute Gasteiger partial charge is 0.493 e. The van der Waals surface area contributed by atoms with Gasteiger partial charge in [0.25, 0.3) is 0 Å². The number of ether oxygens (including phenoxy) is 1. The molecule has 1 aliphatic carbocycles. The highest BCUT2D eigenvalue weighted by Gasteiger charge is 2.30. The van der Waals surface area contributed by atoms with Gasteiger partial charge < -0.3 is 19.6 Å². The van der Waals surface area contributed by atoms with Gasteiger partial charge in [0.1, 0.15) is 18.8 Å². The van der Waals surface area contributed by atoms with Gasteiger partial charge in [0, 0.05) is 18.0 Å². The van der Waals surface area contributed by atoms with E-state index in [2.05, 4.69) is 10.3 Å². The number of carboxylic acid groups (broad SMARTS) is 1. The zero-order chi connectivity index (χ0) is 21.8. The second-order valence-electron chi connectivity index (χ2n) is 8.25. The van der Waals surface area contributed by atoms with E-state index in [-0.39, 0.29) is 24.4 Å². The van der Waals surface area contributed by atoms with Gasteiger partial charge in [-0.3, -0.25) is 19.7 Å². The van der Waals surface area contributed by atoms with Gasteiger partial charge in [-0.1, -0.05) is 18.9 Å². The molecule has 31 heavy (non-hydrogen) atoms. The van der Waals surface area contributed by atoms with Crippen molar-refractivity contribution in [2.24, 2.45) is 4.99 Å². The van der Waals surface area contributed by atoms with Crippen molar-refractivity contribution in [2.45, 2.75) is 57.5 Å². The lowest BCUT2D eigenvalue weighted by atomic mass is 10.1. The first-order chi connectivity index (χ1) is 15.0. The van der Waals surface area contributed by atoms with Crippen LogP contribution in [0.5, 0.6) is 5.75 Å². The van der Waals surface area contributed by atoms with E-state index in [0.717, 1.165) is 42.7 Å². The number of carbonyl (C=O) groups is 3. The van der Waals surface area contributed by atoms with Crippen molar-refractivity contribution in [3.8, 4) is 5.75 Å². The van der Waals surface area contributed by atoms with E-state index in [0.29, 0.717) is 44.9 Å². The van der Waals surface area contributed by atoms with Crippen molar-refractivity contribution in [3.05, 3.63) is 23.8 Å². The van der Waals surface area contributed by atoms with Crippen LogP contribution in [0.1, 0.15) is 50.5 Å². The first-order valence-electron chi connectivity index (χ1n) is 10.9. The lowest BCUT2D eigenvalue weighted by Crippen LogP contribution is -2.42. The van der Waals surface area contributed by atoms with Crippen molar-refractivity contribution >= 4 is 29.4 Å². The second kappa shape index (κ2) is 9.36. The Hall–Kier alpha value is -3.10. The smallest absolute Gasteiger partial charge is 0.323 e. The lowest BCUT2D eigenvalue weighted by molar-refractivity contribution is -0.146. The number of nitrogens with zero attached hydrogens (tertiary/aromatic N) is 3. The van der Waals surface area contributed by atoms with E-state index >= 15 is 0 Å². The first kappa shape index (κ1) is 21.1. The number of amides is 2. The van der Waals surface area contributed by atoms with Crippen LogP contribution >= 0.6 is 0 Å². The minimum Gasteiger partial charge on any atom is -0.493 e. The number of benzene rings is 1. The predicted octanol–water partition coefficient (Wildman–Crippen LogP) is 2.02. The summed E-state index contributed by atoms with van der Waals surface area (Å²) in [5.41, 5.74) is 1.75. The Bertz CT molecular complexity index is 894. The Morgan fingerprint density at radius 3 is 2.81 bits per heavy atom. The number of guanidine groups is 1. The number of unbranched alkanes of at least 4 members (excludes halogenated alkanes) is 1. The van der Waals surface area contributed by atoms with Crippen LogP contribution in [0.4, 0.5) is 5.69 Å². The summed E-state index contributed by atoms with van der Waals surface area (Å²) in [5, 5.41) is 11.9. The summed E-state index contributed by atoms with van der Waals surface area (Å²) in [6, 6.07) is 5.73. The van der Waals surface area contributed by atoms with Crippen LogP contribution in [0.3, 0.4) is 0 Å². The third-order valence-corrected chi connectivity index (χ3v) is 6.00. The molecule has 0 spiro atoms. The zero-order valence-electron chi connectivity index (χ0n) is 17.5. The van der Waals surface area contributed by atoms with Gasteiger partial charge in [0.2, 0.25) is 17.8 Å². The molecule has 1 aromatic rings. The molecule has 0 unspecified atom stereocenters. The Balaban J connectivity index is 1.26. The molecular formula is C22H28N4O5. The van der Waals surface area contributed by atoms with Crippen LogP contribution in [0, 0.1) is 0 Å². The van der Waals surface area contributed by atoms with E-state index in [9.17, 15) is 14.4 Å². The van der Waals surface area contributed by atoms with E-state index in [1.165, 1.54) is 0 Å². The van der Waals surface area contributed by atoms with Crippen LogP contribution in [-0.2, 0) is 20.9 Å². The molecule has 1 saturated heterocycles. The van der Waals surface area contributed by atoms with Crippen molar-refractivity contribution in [2.75, 3.05) is 19.7 Å². The standard InChI is InChI=1S/C22H28N4O5/c27-19-13-25-12-16-17(23-22(25)24-19)8-5-9-18(16)31-11-4-3-10-20(28)26(14-21(29)30)15-6-1-2-7-15/h5,8-9,15H,1-4,6-7,10-14H2,(H,29,30)(H,23,24,27). The van der Waals surface area contributed by atoms with E-state index in [4.69, 9.17) is 9.84 Å². The Morgan fingerprint density at radius 1 is 1.23 bits per heavy atom. The van der Waals surface area contributed by atoms with Crippen molar-refractivity contribution in [3.63, 3.8) is 0 Å². The van der Waals surface area contributed by atoms with E-state index in [1.54, 1.807) is 4.90 Å². The highest BCUT2D eigenvalue weighted by Crippen LogP contribution is 2.34. The number of fused-ring (bicyclic) bond motifs is 2. The molecular weight excluding hydrogens is 400 g/mol. The van der Waals surface area contributed by atoms with Crippen molar-refractivity contribution in [1.29, 1.82) is 0 Å². The number of rotatable bonds is 9. The number of carbonyl (C=O) groups excluding carboxylic acids is 2. The minimum atomic E-state index is -0.960. The molecule has 0 atom stereocenters. The summed E-state index contributed by atoms with van der Waals surface area (Å²) < 4.78 is 5.97. The quantitative estimate of drug-likeness (QED) is 0.582. The van der Waals surface area contributed by atoms with Gasteiger partial charge >= 0.3 is 5.97 Å². The molecule has 2 N–H and O–H groups in total. The molecule has 2 heterocycles. The summed E-state index contributed by atoms with van der Waals surface area (Å²) >= 11 is 0. The second-order valence-corrected chi connectivity index (χ2v) is 8.25. The summed E-state index contributed by atoms with van der Waals surface area (Å²) in [7, 11) is 0. The molecule has 0 bridgehead atoms. The van der Waals surface area contributed by atoms with Crippen LogP contribution in [0.25, 0.3) is 0 Å². The highest BCUT2D eigenvalue weighted by molar-refractivity contribution is 6.05. The number of aliphatic imine (C=N–C) groups is 1. The molecule has 0 radical (unpaired) electrons. The molecule has 4 rings (SSSR count). The molecule has 166 valence electrons. The monoisotopic (exact) mass is 428 g/mol. The molecule has 2 amide bonds. The molecule has 2 fully saturated rings. The van der Waals surface area contributed by atoms with Crippen LogP contribution in [0.2, 0.25) is 0 Å². The van der Waals surface area contributed by atoms with Gasteiger partial charge in [0.15, 0.2) is 0 Å². The molecule has 0 aromatic heterocycles. The fourth-order valence-electron chi connectivity index (χ4n) is 4.47. The van der Waals surface area contributed by atoms with Crippen LogP contribution in [0.15, 0.2) is 23.2 Å². The summed E-state index contributed by atoms with van der Waals surface area (Å²) in [4.78, 5) is 43.3. The summed E-state index contributed by atoms with van der Waals surface area (Å²) in [6.45, 7) is 1.10. The topological polar surface area (TPSA) is 112 Å². The van der Waals surface area contributed by atoms with Gasteiger partial charge in [-0.2, -0.15) is 0 Å². The fourth-order valence-corrected chi connectivity index (χ4v) is 4.47.